The van der Waals surface area contributed by atoms with Gasteiger partial charge in [0, 0.05) is 38.9 Å². The summed E-state index contributed by atoms with van der Waals surface area (Å²) in [6.45, 7) is 3.17. The summed E-state index contributed by atoms with van der Waals surface area (Å²) >= 11 is 0. The molecule has 0 radical (unpaired) electrons. The van der Waals surface area contributed by atoms with Crippen molar-refractivity contribution in [2.45, 2.75) is 13.8 Å². The minimum atomic E-state index is -1.15. The highest BCUT2D eigenvalue weighted by Crippen LogP contribution is 2.08. The molecule has 0 aromatic carbocycles. The summed E-state index contributed by atoms with van der Waals surface area (Å²) in [7, 11) is 4.67. The van der Waals surface area contributed by atoms with Gasteiger partial charge in [-0.2, -0.15) is 0 Å². The molecule has 2 amide bonds. The van der Waals surface area contributed by atoms with Crippen molar-refractivity contribution < 1.29 is 24.2 Å². The first-order chi connectivity index (χ1) is 9.22. The molecule has 114 valence electrons. The average molecular weight is 286 g/mol. The van der Waals surface area contributed by atoms with Crippen LogP contribution in [0.4, 0.5) is 0 Å². The molecule has 7 nitrogen and oxygen atoms in total. The van der Waals surface area contributed by atoms with Crippen LogP contribution in [0, 0.1) is 0 Å². The van der Waals surface area contributed by atoms with E-state index in [9.17, 15) is 14.4 Å². The molecule has 0 aromatic rings. The van der Waals surface area contributed by atoms with Gasteiger partial charge in [-0.25, -0.2) is 4.79 Å². The van der Waals surface area contributed by atoms with Gasteiger partial charge in [-0.05, 0) is 13.8 Å². The van der Waals surface area contributed by atoms with E-state index in [2.05, 4.69) is 0 Å². The molecule has 0 fully saturated rings. The zero-order chi connectivity index (χ0) is 15.9. The number of rotatable bonds is 7. The number of nitrogens with zero attached hydrogens (tertiary/aromatic N) is 2. The minimum absolute atomic E-state index is 0.0327. The van der Waals surface area contributed by atoms with Gasteiger partial charge in [0.25, 0.3) is 5.91 Å². The van der Waals surface area contributed by atoms with Crippen molar-refractivity contribution in [2.75, 3.05) is 40.9 Å². The number of carbonyl (C=O) groups is 3. The van der Waals surface area contributed by atoms with Crippen LogP contribution in [0.15, 0.2) is 11.1 Å². The summed E-state index contributed by atoms with van der Waals surface area (Å²) in [5.74, 6) is -1.87. The van der Waals surface area contributed by atoms with Crippen LogP contribution in [-0.4, -0.2) is 73.6 Å². The Hall–Kier alpha value is -1.89. The predicted octanol–water partition coefficient (Wildman–Crippen LogP) is -0.0294. The zero-order valence-corrected chi connectivity index (χ0v) is 12.6. The van der Waals surface area contributed by atoms with E-state index in [0.29, 0.717) is 0 Å². The number of carboxylic acids is 1. The maximum Gasteiger partial charge on any atom is 0.331 e. The molecule has 0 aliphatic rings. The largest absolute Gasteiger partial charge is 0.478 e. The molecule has 0 unspecified atom stereocenters. The maximum atomic E-state index is 12.2. The fraction of sp³-hybridized carbons (Fsp3) is 0.615. The Balaban J connectivity index is 5.12. The van der Waals surface area contributed by atoms with Crippen molar-refractivity contribution in [3.05, 3.63) is 11.1 Å². The van der Waals surface area contributed by atoms with Gasteiger partial charge in [0.2, 0.25) is 5.91 Å². The molecule has 0 aliphatic heterocycles. The highest BCUT2D eigenvalue weighted by molar-refractivity contribution is 6.02. The summed E-state index contributed by atoms with van der Waals surface area (Å²) in [4.78, 5) is 37.5. The minimum Gasteiger partial charge on any atom is -0.478 e. The van der Waals surface area contributed by atoms with Crippen LogP contribution in [0.1, 0.15) is 13.8 Å². The lowest BCUT2D eigenvalue weighted by Crippen LogP contribution is -2.42. The molecule has 20 heavy (non-hydrogen) atoms. The normalized spacial score (nSPS) is 11.7. The fourth-order valence-electron chi connectivity index (χ4n) is 1.32. The second kappa shape index (κ2) is 8.31. The molecule has 0 rings (SSSR count). The van der Waals surface area contributed by atoms with E-state index in [1.54, 1.807) is 14.1 Å². The fourth-order valence-corrected chi connectivity index (χ4v) is 1.32. The first kappa shape index (κ1) is 18.1. The van der Waals surface area contributed by atoms with Crippen molar-refractivity contribution in [3.8, 4) is 0 Å². The standard InChI is InChI=1S/C13H22N2O5/c1-9(10(2)13(18)19)12(17)15(6-7-20-5)8-11(16)14(3)4/h6-8H2,1-5H3,(H,18,19). The second-order valence-corrected chi connectivity index (χ2v) is 4.56. The molecule has 0 atom stereocenters. The summed E-state index contributed by atoms with van der Waals surface area (Å²) in [6, 6.07) is 0. The van der Waals surface area contributed by atoms with Gasteiger partial charge in [-0.1, -0.05) is 0 Å². The average Bonchev–Trinajstić information content (AvgIpc) is 2.40. The molecule has 0 heterocycles. The second-order valence-electron chi connectivity index (χ2n) is 4.56. The Morgan fingerprint density at radius 3 is 2.05 bits per heavy atom. The number of hydrogen-bond acceptors (Lipinski definition) is 4. The Kier molecular flexibility index (Phi) is 7.53. The number of aliphatic carboxylic acids is 1. The van der Waals surface area contributed by atoms with Crippen LogP contribution in [0.2, 0.25) is 0 Å². The molecule has 0 spiro atoms. The van der Waals surface area contributed by atoms with Crippen molar-refractivity contribution in [2.24, 2.45) is 0 Å². The Morgan fingerprint density at radius 2 is 1.65 bits per heavy atom. The van der Waals surface area contributed by atoms with Crippen molar-refractivity contribution >= 4 is 17.8 Å². The number of hydrogen-bond donors (Lipinski definition) is 1. The van der Waals surface area contributed by atoms with E-state index in [0.717, 1.165) is 0 Å². The zero-order valence-electron chi connectivity index (χ0n) is 12.6. The predicted molar refractivity (Wildman–Crippen MR) is 73.2 cm³/mol. The SMILES string of the molecule is COCCN(CC(=O)N(C)C)C(=O)C(C)=C(C)C(=O)O. The van der Waals surface area contributed by atoms with E-state index < -0.39 is 11.9 Å². The third kappa shape index (κ3) is 5.40. The maximum absolute atomic E-state index is 12.2. The summed E-state index contributed by atoms with van der Waals surface area (Å²) in [5, 5.41) is 8.90. The van der Waals surface area contributed by atoms with Gasteiger partial charge in [-0.15, -0.1) is 0 Å². The number of ether oxygens (including phenoxy) is 1. The molecule has 0 saturated carbocycles. The number of amides is 2. The van der Waals surface area contributed by atoms with Gasteiger partial charge in [0.15, 0.2) is 0 Å². The molecular weight excluding hydrogens is 264 g/mol. The lowest BCUT2D eigenvalue weighted by atomic mass is 10.1. The van der Waals surface area contributed by atoms with Crippen molar-refractivity contribution in [1.82, 2.24) is 9.80 Å². The van der Waals surface area contributed by atoms with Gasteiger partial charge < -0.3 is 19.6 Å². The number of likely N-dealkylation sites (N-methyl/N-ethyl adjacent to an activating group) is 1. The van der Waals surface area contributed by atoms with Crippen molar-refractivity contribution in [3.63, 3.8) is 0 Å². The molecule has 1 N–H and O–H groups in total. The van der Waals surface area contributed by atoms with Gasteiger partial charge in [0.1, 0.15) is 6.54 Å². The summed E-state index contributed by atoms with van der Waals surface area (Å²) in [6.07, 6.45) is 0. The molecule has 0 aromatic heterocycles. The Labute approximate surface area is 118 Å². The highest BCUT2D eigenvalue weighted by atomic mass is 16.5. The van der Waals surface area contributed by atoms with Crippen LogP contribution in [0.5, 0.6) is 0 Å². The summed E-state index contributed by atoms with van der Waals surface area (Å²) in [5.41, 5.74) is 0.0786. The van der Waals surface area contributed by atoms with E-state index in [1.807, 2.05) is 0 Å². The lowest BCUT2D eigenvalue weighted by Gasteiger charge is -2.24. The monoisotopic (exact) mass is 286 g/mol. The summed E-state index contributed by atoms with van der Waals surface area (Å²) < 4.78 is 4.90. The first-order valence-electron chi connectivity index (χ1n) is 6.11. The van der Waals surface area contributed by atoms with Gasteiger partial charge >= 0.3 is 5.97 Å². The van der Waals surface area contributed by atoms with Crippen LogP contribution in [0.25, 0.3) is 0 Å². The Bertz CT molecular complexity index is 415. The van der Waals surface area contributed by atoms with E-state index in [4.69, 9.17) is 9.84 Å². The molecular formula is C13H22N2O5. The molecule has 0 saturated heterocycles. The van der Waals surface area contributed by atoms with Crippen molar-refractivity contribution in [1.29, 1.82) is 0 Å². The number of methoxy groups -OCH3 is 1. The van der Waals surface area contributed by atoms with E-state index >= 15 is 0 Å². The van der Waals surface area contributed by atoms with Crippen LogP contribution >= 0.6 is 0 Å². The van der Waals surface area contributed by atoms with Crippen LogP contribution in [-0.2, 0) is 19.1 Å². The van der Waals surface area contributed by atoms with E-state index in [1.165, 1.54) is 30.8 Å². The third-order valence-corrected chi connectivity index (χ3v) is 2.88. The topological polar surface area (TPSA) is 87.2 Å². The lowest BCUT2D eigenvalue weighted by molar-refractivity contribution is -0.137. The smallest absolute Gasteiger partial charge is 0.331 e. The van der Waals surface area contributed by atoms with Crippen LogP contribution < -0.4 is 0 Å². The quantitative estimate of drug-likeness (QED) is 0.664. The highest BCUT2D eigenvalue weighted by Gasteiger charge is 2.22. The Morgan fingerprint density at radius 1 is 1.10 bits per heavy atom. The molecule has 0 aliphatic carbocycles. The van der Waals surface area contributed by atoms with E-state index in [-0.39, 0.29) is 36.7 Å². The van der Waals surface area contributed by atoms with Crippen LogP contribution in [0.3, 0.4) is 0 Å². The third-order valence-electron chi connectivity index (χ3n) is 2.88. The molecule has 0 bridgehead atoms. The number of carbonyl (C=O) groups excluding carboxylic acids is 2. The number of carboxylic acid groups (broad SMARTS) is 1. The van der Waals surface area contributed by atoms with Gasteiger partial charge in [-0.3, -0.25) is 9.59 Å². The first-order valence-corrected chi connectivity index (χ1v) is 6.11. The molecule has 7 heteroatoms. The van der Waals surface area contributed by atoms with Gasteiger partial charge in [0.05, 0.1) is 6.61 Å².